The van der Waals surface area contributed by atoms with Crippen molar-refractivity contribution in [2.45, 2.75) is 25.8 Å². The first kappa shape index (κ1) is 20.4. The number of aromatic nitrogens is 3. The Hall–Kier alpha value is -3.48. The number of piperidine rings is 1. The van der Waals surface area contributed by atoms with Gasteiger partial charge in [-0.1, -0.05) is 12.1 Å². The molecular formula is C25H26FN5O. The molecule has 0 bridgehead atoms. The van der Waals surface area contributed by atoms with Crippen molar-refractivity contribution in [3.05, 3.63) is 66.9 Å². The predicted molar refractivity (Wildman–Crippen MR) is 124 cm³/mol. The smallest absolute Gasteiger partial charge is 0.224 e. The fourth-order valence-corrected chi connectivity index (χ4v) is 4.58. The first-order valence-corrected chi connectivity index (χ1v) is 11.2. The summed E-state index contributed by atoms with van der Waals surface area (Å²) in [6.45, 7) is 2.93. The second kappa shape index (κ2) is 8.94. The summed E-state index contributed by atoms with van der Waals surface area (Å²) < 4.78 is 16.0. The highest BCUT2D eigenvalue weighted by Crippen LogP contribution is 2.30. The molecule has 1 atom stereocenters. The van der Waals surface area contributed by atoms with Crippen molar-refractivity contribution in [1.82, 2.24) is 19.9 Å². The van der Waals surface area contributed by atoms with Crippen molar-refractivity contribution in [2.75, 3.05) is 24.5 Å². The monoisotopic (exact) mass is 431 g/mol. The lowest BCUT2D eigenvalue weighted by Crippen LogP contribution is -2.43. The number of nitrogens with zero attached hydrogens (tertiary/aromatic N) is 4. The molecular weight excluding hydrogens is 405 g/mol. The molecule has 2 aromatic carbocycles. The molecule has 1 amide bonds. The molecule has 1 fully saturated rings. The summed E-state index contributed by atoms with van der Waals surface area (Å²) in [6.07, 6.45) is 6.24. The molecule has 1 saturated heterocycles. The van der Waals surface area contributed by atoms with Gasteiger partial charge in [0.05, 0.1) is 28.8 Å². The van der Waals surface area contributed by atoms with Gasteiger partial charge in [-0.2, -0.15) is 0 Å². The fraction of sp³-hybridized carbons (Fsp3) is 0.320. The summed E-state index contributed by atoms with van der Waals surface area (Å²) in [5, 5.41) is 3.90. The third kappa shape index (κ3) is 4.15. The van der Waals surface area contributed by atoms with Crippen LogP contribution in [0.15, 0.2) is 61.1 Å². The van der Waals surface area contributed by atoms with Crippen LogP contribution in [-0.2, 0) is 11.3 Å². The van der Waals surface area contributed by atoms with Gasteiger partial charge in [0.2, 0.25) is 5.91 Å². The number of pyridine rings is 1. The number of aryl methyl sites for hydroxylation is 1. The largest absolute Gasteiger partial charge is 0.370 e. The van der Waals surface area contributed by atoms with Gasteiger partial charge in [0.1, 0.15) is 5.82 Å². The molecule has 0 radical (unpaired) electrons. The van der Waals surface area contributed by atoms with Crippen molar-refractivity contribution in [1.29, 1.82) is 0 Å². The van der Waals surface area contributed by atoms with E-state index in [9.17, 15) is 9.18 Å². The molecule has 4 aromatic rings. The third-order valence-corrected chi connectivity index (χ3v) is 6.22. The number of halogens is 1. The Morgan fingerprint density at radius 1 is 1.12 bits per heavy atom. The van der Waals surface area contributed by atoms with E-state index in [1.165, 1.54) is 12.1 Å². The van der Waals surface area contributed by atoms with E-state index in [-0.39, 0.29) is 17.6 Å². The lowest BCUT2D eigenvalue weighted by atomic mass is 9.96. The van der Waals surface area contributed by atoms with Crippen LogP contribution < -0.4 is 10.2 Å². The minimum atomic E-state index is -0.274. The molecule has 6 nitrogen and oxygen atoms in total. The summed E-state index contributed by atoms with van der Waals surface area (Å²) in [5.74, 6) is -0.256. The molecule has 0 aliphatic carbocycles. The Kier molecular flexibility index (Phi) is 5.71. The minimum Gasteiger partial charge on any atom is -0.370 e. The topological polar surface area (TPSA) is 63.1 Å². The highest BCUT2D eigenvalue weighted by Gasteiger charge is 2.26. The van der Waals surface area contributed by atoms with Gasteiger partial charge in [-0.25, -0.2) is 9.37 Å². The number of nitrogens with one attached hydrogen (secondary N) is 1. The van der Waals surface area contributed by atoms with Crippen molar-refractivity contribution in [3.8, 4) is 0 Å². The average Bonchev–Trinajstić information content (AvgIpc) is 3.24. The summed E-state index contributed by atoms with van der Waals surface area (Å²) in [5.41, 5.74) is 3.81. The third-order valence-electron chi connectivity index (χ3n) is 6.22. The van der Waals surface area contributed by atoms with Crippen LogP contribution in [0.4, 0.5) is 10.1 Å². The number of imidazole rings is 1. The Labute approximate surface area is 186 Å². The second-order valence-corrected chi connectivity index (χ2v) is 8.35. The quantitative estimate of drug-likeness (QED) is 0.466. The maximum atomic E-state index is 13.8. The number of anilines is 1. The van der Waals surface area contributed by atoms with Crippen molar-refractivity contribution >= 4 is 33.5 Å². The molecule has 7 heteroatoms. The molecule has 1 aliphatic heterocycles. The van der Waals surface area contributed by atoms with Crippen LogP contribution in [0.1, 0.15) is 19.3 Å². The maximum absolute atomic E-state index is 13.8. The predicted octanol–water partition coefficient (Wildman–Crippen LogP) is 4.15. The van der Waals surface area contributed by atoms with E-state index in [1.54, 1.807) is 12.3 Å². The number of para-hydroxylation sites is 2. The second-order valence-electron chi connectivity index (χ2n) is 8.35. The van der Waals surface area contributed by atoms with Crippen LogP contribution in [0.2, 0.25) is 0 Å². The number of hydrogen-bond donors (Lipinski definition) is 1. The maximum Gasteiger partial charge on any atom is 0.224 e. The average molecular weight is 432 g/mol. The summed E-state index contributed by atoms with van der Waals surface area (Å²) in [4.78, 5) is 23.8. The lowest BCUT2D eigenvalue weighted by molar-refractivity contribution is -0.125. The van der Waals surface area contributed by atoms with E-state index in [1.807, 2.05) is 30.6 Å². The van der Waals surface area contributed by atoms with Gasteiger partial charge < -0.3 is 14.8 Å². The van der Waals surface area contributed by atoms with E-state index < -0.39 is 0 Å². The zero-order chi connectivity index (χ0) is 21.9. The molecule has 3 heterocycles. The SMILES string of the molecule is O=C(NCCCn1cnc2ccccc21)C1CCCN(c2ccnc3ccc(F)cc23)C1. The van der Waals surface area contributed by atoms with Crippen molar-refractivity contribution < 1.29 is 9.18 Å². The Morgan fingerprint density at radius 3 is 2.97 bits per heavy atom. The van der Waals surface area contributed by atoms with E-state index in [0.29, 0.717) is 13.1 Å². The van der Waals surface area contributed by atoms with E-state index in [2.05, 4.69) is 30.8 Å². The van der Waals surface area contributed by atoms with E-state index >= 15 is 0 Å². The first-order chi connectivity index (χ1) is 15.7. The molecule has 5 rings (SSSR count). The standard InChI is InChI=1S/C25H26FN5O/c26-19-8-9-21-20(15-19)23(10-12-27-21)30-13-3-5-18(16-30)25(32)28-11-4-14-31-17-29-22-6-1-2-7-24(22)31/h1-2,6-10,12,15,17-18H,3-5,11,13-14,16H2,(H,28,32). The van der Waals surface area contributed by atoms with Crippen molar-refractivity contribution in [2.24, 2.45) is 5.92 Å². The van der Waals surface area contributed by atoms with Crippen LogP contribution >= 0.6 is 0 Å². The van der Waals surface area contributed by atoms with Crippen LogP contribution in [0.3, 0.4) is 0 Å². The molecule has 1 N–H and O–H groups in total. The van der Waals surface area contributed by atoms with Crippen LogP contribution in [-0.4, -0.2) is 40.1 Å². The number of benzene rings is 2. The van der Waals surface area contributed by atoms with Gasteiger partial charge in [0, 0.05) is 43.4 Å². The summed E-state index contributed by atoms with van der Waals surface area (Å²) in [7, 11) is 0. The van der Waals surface area contributed by atoms with Gasteiger partial charge in [-0.3, -0.25) is 9.78 Å². The van der Waals surface area contributed by atoms with Crippen LogP contribution in [0, 0.1) is 11.7 Å². The van der Waals surface area contributed by atoms with Gasteiger partial charge in [-0.15, -0.1) is 0 Å². The minimum absolute atomic E-state index is 0.0744. The highest BCUT2D eigenvalue weighted by atomic mass is 19.1. The van der Waals surface area contributed by atoms with Crippen molar-refractivity contribution in [3.63, 3.8) is 0 Å². The summed E-state index contributed by atoms with van der Waals surface area (Å²) >= 11 is 0. The number of carbonyl (C=O) groups excluding carboxylic acids is 1. The highest BCUT2D eigenvalue weighted by molar-refractivity contribution is 5.92. The molecule has 2 aromatic heterocycles. The van der Waals surface area contributed by atoms with Crippen LogP contribution in [0.5, 0.6) is 0 Å². The molecule has 164 valence electrons. The molecule has 1 aliphatic rings. The Bertz CT molecular complexity index is 1250. The van der Waals surface area contributed by atoms with Gasteiger partial charge >= 0.3 is 0 Å². The zero-order valence-electron chi connectivity index (χ0n) is 17.9. The molecule has 0 spiro atoms. The molecule has 1 unspecified atom stereocenters. The Morgan fingerprint density at radius 2 is 2.03 bits per heavy atom. The van der Waals surface area contributed by atoms with E-state index in [0.717, 1.165) is 60.0 Å². The fourth-order valence-electron chi connectivity index (χ4n) is 4.58. The summed E-state index contributed by atoms with van der Waals surface area (Å²) in [6, 6.07) is 14.6. The number of carbonyl (C=O) groups is 1. The van der Waals surface area contributed by atoms with Gasteiger partial charge in [0.25, 0.3) is 0 Å². The zero-order valence-corrected chi connectivity index (χ0v) is 17.9. The molecule has 32 heavy (non-hydrogen) atoms. The van der Waals surface area contributed by atoms with E-state index in [4.69, 9.17) is 0 Å². The van der Waals surface area contributed by atoms with Gasteiger partial charge in [-0.05, 0) is 55.7 Å². The van der Waals surface area contributed by atoms with Crippen LogP contribution in [0.25, 0.3) is 21.9 Å². The lowest BCUT2D eigenvalue weighted by Gasteiger charge is -2.34. The number of fused-ring (bicyclic) bond motifs is 2. The Balaban J connectivity index is 1.18. The first-order valence-electron chi connectivity index (χ1n) is 11.2. The molecule has 0 saturated carbocycles. The normalized spacial score (nSPS) is 16.5. The number of hydrogen-bond acceptors (Lipinski definition) is 4. The van der Waals surface area contributed by atoms with Gasteiger partial charge in [0.15, 0.2) is 0 Å². The number of amides is 1. The number of rotatable bonds is 6.